The average Bonchev–Trinajstić information content (AvgIpc) is 3.28. The Balaban J connectivity index is 0.00000144. The molecule has 5 rings (SSSR count). The van der Waals surface area contributed by atoms with Crippen molar-refractivity contribution in [2.45, 2.75) is 18.9 Å². The Hall–Kier alpha value is -2.10. The number of nitrogens with one attached hydrogen (secondary N) is 3. The Morgan fingerprint density at radius 2 is 1.91 bits per heavy atom. The van der Waals surface area contributed by atoms with Gasteiger partial charge in [-0.2, -0.15) is 0 Å². The molecular weight excluding hydrogens is 491 g/mol. The first kappa shape index (κ1) is 24.5. The number of hydrogen-bond donors (Lipinski definition) is 3. The summed E-state index contributed by atoms with van der Waals surface area (Å²) in [6.07, 6.45) is 1.91. The van der Waals surface area contributed by atoms with Gasteiger partial charge < -0.3 is 20.5 Å². The molecule has 2 aromatic carbocycles. The monoisotopic (exact) mass is 512 g/mol. The van der Waals surface area contributed by atoms with Crippen LogP contribution in [0.3, 0.4) is 0 Å². The van der Waals surface area contributed by atoms with E-state index in [2.05, 4.69) is 25.9 Å². The lowest BCUT2D eigenvalue weighted by molar-refractivity contribution is 0.0929. The summed E-state index contributed by atoms with van der Waals surface area (Å²) in [6, 6.07) is 11.5. The van der Waals surface area contributed by atoms with Crippen molar-refractivity contribution in [3.05, 3.63) is 47.0 Å². The molecule has 1 amide bonds. The standard InChI is InChI=1S/C21H21ClN6OS.2ClH/c1-28-17-5-2-12(19(29)24-14-6-8-23-9-7-14)10-16(17)25-20(28)27-21-26-15-4-3-13(22)11-18(15)30-21;;/h2-5,10-11,14,23H,6-9H2,1H3,(H,24,29)(H,25,26,27);2*1H. The third-order valence-electron chi connectivity index (χ3n) is 5.39. The maximum absolute atomic E-state index is 12.7. The average molecular weight is 514 g/mol. The molecule has 1 saturated heterocycles. The van der Waals surface area contributed by atoms with E-state index in [0.717, 1.165) is 52.3 Å². The van der Waals surface area contributed by atoms with Gasteiger partial charge >= 0.3 is 0 Å². The van der Waals surface area contributed by atoms with E-state index in [0.29, 0.717) is 16.5 Å². The Morgan fingerprint density at radius 1 is 1.12 bits per heavy atom. The smallest absolute Gasteiger partial charge is 0.251 e. The molecule has 0 unspecified atom stereocenters. The minimum atomic E-state index is -0.0491. The molecule has 7 nitrogen and oxygen atoms in total. The number of halogens is 3. The lowest BCUT2D eigenvalue weighted by atomic mass is 10.1. The summed E-state index contributed by atoms with van der Waals surface area (Å²) >= 11 is 7.60. The molecule has 0 saturated carbocycles. The number of carbonyl (C=O) groups is 1. The Bertz CT molecular complexity index is 1250. The molecule has 11 heteroatoms. The van der Waals surface area contributed by atoms with Crippen LogP contribution >= 0.6 is 47.8 Å². The number of benzene rings is 2. The maximum Gasteiger partial charge on any atom is 0.251 e. The lowest BCUT2D eigenvalue weighted by Crippen LogP contribution is -2.42. The molecule has 3 N–H and O–H groups in total. The topological polar surface area (TPSA) is 83.9 Å². The molecule has 0 aliphatic carbocycles. The predicted octanol–water partition coefficient (Wildman–Crippen LogP) is 4.91. The summed E-state index contributed by atoms with van der Waals surface area (Å²) in [6.45, 7) is 1.88. The van der Waals surface area contributed by atoms with Crippen LogP contribution in [0.5, 0.6) is 0 Å². The van der Waals surface area contributed by atoms with Crippen LogP contribution in [-0.2, 0) is 7.05 Å². The zero-order valence-electron chi connectivity index (χ0n) is 17.2. The zero-order valence-corrected chi connectivity index (χ0v) is 20.4. The van der Waals surface area contributed by atoms with Crippen molar-refractivity contribution in [2.24, 2.45) is 7.05 Å². The van der Waals surface area contributed by atoms with Gasteiger partial charge in [-0.05, 0) is 62.3 Å². The highest BCUT2D eigenvalue weighted by Crippen LogP contribution is 2.31. The van der Waals surface area contributed by atoms with E-state index >= 15 is 0 Å². The van der Waals surface area contributed by atoms with Gasteiger partial charge in [0, 0.05) is 23.7 Å². The molecule has 1 fully saturated rings. The minimum Gasteiger partial charge on any atom is -0.349 e. The van der Waals surface area contributed by atoms with Gasteiger partial charge in [-0.1, -0.05) is 22.9 Å². The molecule has 0 bridgehead atoms. The van der Waals surface area contributed by atoms with Gasteiger partial charge in [0.1, 0.15) is 0 Å². The summed E-state index contributed by atoms with van der Waals surface area (Å²) in [5.74, 6) is 0.623. The number of rotatable bonds is 4. The van der Waals surface area contributed by atoms with Crippen molar-refractivity contribution in [3.63, 3.8) is 0 Å². The number of nitrogens with zero attached hydrogens (tertiary/aromatic N) is 3. The molecule has 2 aromatic heterocycles. The summed E-state index contributed by atoms with van der Waals surface area (Å²) < 4.78 is 2.98. The second-order valence-electron chi connectivity index (χ2n) is 7.45. The van der Waals surface area contributed by atoms with Gasteiger partial charge in [0.05, 0.1) is 21.3 Å². The number of amides is 1. The highest BCUT2D eigenvalue weighted by atomic mass is 35.5. The number of piperidine rings is 1. The zero-order chi connectivity index (χ0) is 20.7. The van der Waals surface area contributed by atoms with E-state index in [4.69, 9.17) is 11.6 Å². The maximum atomic E-state index is 12.7. The number of carbonyl (C=O) groups excluding carboxylic acids is 1. The molecular formula is C21H23Cl3N6OS. The van der Waals surface area contributed by atoms with Crippen LogP contribution < -0.4 is 16.0 Å². The molecule has 32 heavy (non-hydrogen) atoms. The number of thiazole rings is 1. The third kappa shape index (κ3) is 4.94. The van der Waals surface area contributed by atoms with E-state index in [1.54, 1.807) is 0 Å². The first-order valence-corrected chi connectivity index (χ1v) is 11.1. The van der Waals surface area contributed by atoms with Crippen molar-refractivity contribution in [2.75, 3.05) is 18.4 Å². The van der Waals surface area contributed by atoms with Gasteiger partial charge in [-0.15, -0.1) is 24.8 Å². The van der Waals surface area contributed by atoms with Crippen molar-refractivity contribution < 1.29 is 4.79 Å². The van der Waals surface area contributed by atoms with Crippen molar-refractivity contribution in [1.82, 2.24) is 25.2 Å². The summed E-state index contributed by atoms with van der Waals surface area (Å²) in [5.41, 5.74) is 3.23. The molecule has 4 aromatic rings. The number of aromatic nitrogens is 3. The van der Waals surface area contributed by atoms with Crippen molar-refractivity contribution in [3.8, 4) is 0 Å². The first-order valence-electron chi connectivity index (χ1n) is 9.88. The van der Waals surface area contributed by atoms with Crippen LogP contribution in [0.2, 0.25) is 5.02 Å². The van der Waals surface area contributed by atoms with E-state index in [1.165, 1.54) is 11.3 Å². The lowest BCUT2D eigenvalue weighted by Gasteiger charge is -2.23. The van der Waals surface area contributed by atoms with Gasteiger partial charge in [0.25, 0.3) is 5.91 Å². The summed E-state index contributed by atoms with van der Waals surface area (Å²) in [5, 5.41) is 11.2. The highest BCUT2D eigenvalue weighted by Gasteiger charge is 2.18. The van der Waals surface area contributed by atoms with E-state index in [9.17, 15) is 4.79 Å². The molecule has 0 atom stereocenters. The van der Waals surface area contributed by atoms with Crippen molar-refractivity contribution >= 4 is 86.0 Å². The summed E-state index contributed by atoms with van der Waals surface area (Å²) in [4.78, 5) is 22.0. The number of hydrogen-bond acceptors (Lipinski definition) is 6. The fourth-order valence-corrected chi connectivity index (χ4v) is 4.87. The quantitative estimate of drug-likeness (QED) is 0.361. The minimum absolute atomic E-state index is 0. The molecule has 1 aliphatic heterocycles. The van der Waals surface area contributed by atoms with Crippen LogP contribution in [0.4, 0.5) is 11.1 Å². The number of imidazole rings is 1. The van der Waals surface area contributed by atoms with Crippen LogP contribution in [0.1, 0.15) is 23.2 Å². The van der Waals surface area contributed by atoms with E-state index < -0.39 is 0 Å². The molecule has 0 radical (unpaired) electrons. The van der Waals surface area contributed by atoms with Crippen LogP contribution in [0, 0.1) is 0 Å². The second-order valence-corrected chi connectivity index (χ2v) is 8.92. The first-order chi connectivity index (χ1) is 14.6. The number of anilines is 2. The second kappa shape index (κ2) is 10.2. The third-order valence-corrected chi connectivity index (χ3v) is 6.56. The molecule has 3 heterocycles. The fourth-order valence-electron chi connectivity index (χ4n) is 3.74. The summed E-state index contributed by atoms with van der Waals surface area (Å²) in [7, 11) is 1.94. The SMILES string of the molecule is Cl.Cl.Cn1c(Nc2nc3ccc(Cl)cc3s2)nc2cc(C(=O)NC3CCNCC3)ccc21. The molecule has 170 valence electrons. The van der Waals surface area contributed by atoms with Gasteiger partial charge in [-0.3, -0.25) is 4.79 Å². The highest BCUT2D eigenvalue weighted by molar-refractivity contribution is 7.22. The molecule has 1 aliphatic rings. The van der Waals surface area contributed by atoms with Crippen LogP contribution in [0.15, 0.2) is 36.4 Å². The number of aryl methyl sites for hydroxylation is 1. The van der Waals surface area contributed by atoms with Gasteiger partial charge in [0.15, 0.2) is 5.13 Å². The Labute approximate surface area is 206 Å². The van der Waals surface area contributed by atoms with Crippen LogP contribution in [-0.4, -0.2) is 39.6 Å². The van der Waals surface area contributed by atoms with Crippen molar-refractivity contribution in [1.29, 1.82) is 0 Å². The van der Waals surface area contributed by atoms with Gasteiger partial charge in [0.2, 0.25) is 5.95 Å². The normalized spacial score (nSPS) is 14.1. The fraction of sp³-hybridized carbons (Fsp3) is 0.286. The Morgan fingerprint density at radius 3 is 2.69 bits per heavy atom. The predicted molar refractivity (Wildman–Crippen MR) is 136 cm³/mol. The molecule has 0 spiro atoms. The number of fused-ring (bicyclic) bond motifs is 2. The van der Waals surface area contributed by atoms with E-state index in [-0.39, 0.29) is 36.8 Å². The van der Waals surface area contributed by atoms with E-state index in [1.807, 2.05) is 48.0 Å². The van der Waals surface area contributed by atoms with Crippen LogP contribution in [0.25, 0.3) is 21.3 Å². The Kier molecular flexibility index (Phi) is 7.84. The van der Waals surface area contributed by atoms with Gasteiger partial charge in [-0.25, -0.2) is 9.97 Å². The largest absolute Gasteiger partial charge is 0.349 e.